The largest absolute Gasteiger partial charge is 0.462 e. The van der Waals surface area contributed by atoms with Gasteiger partial charge in [0.05, 0.1) is 6.42 Å². The number of esters is 1. The van der Waals surface area contributed by atoms with Gasteiger partial charge in [-0.25, -0.2) is 0 Å². The third kappa shape index (κ3) is 3.76. The fourth-order valence-electron chi connectivity index (χ4n) is 2.44. The summed E-state index contributed by atoms with van der Waals surface area (Å²) in [5.74, 6) is 0.633. The Morgan fingerprint density at radius 2 is 2.06 bits per heavy atom. The lowest BCUT2D eigenvalue weighted by Crippen LogP contribution is -2.24. The van der Waals surface area contributed by atoms with Gasteiger partial charge in [0.1, 0.15) is 6.10 Å². The first-order valence-corrected chi connectivity index (χ1v) is 6.67. The second kappa shape index (κ2) is 5.89. The first-order valence-electron chi connectivity index (χ1n) is 6.67. The topological polar surface area (TPSA) is 52.3 Å². The molecule has 1 aliphatic carbocycles. The van der Waals surface area contributed by atoms with Crippen LogP contribution in [0.5, 0.6) is 0 Å². The lowest BCUT2D eigenvalue weighted by atomic mass is 9.89. The summed E-state index contributed by atoms with van der Waals surface area (Å²) >= 11 is 0. The number of nitrogens with two attached hydrogens (primary N) is 1. The van der Waals surface area contributed by atoms with E-state index in [1.165, 1.54) is 0 Å². The quantitative estimate of drug-likeness (QED) is 0.660. The molecule has 0 unspecified atom stereocenters. The smallest absolute Gasteiger partial charge is 0.310 e. The maximum atomic E-state index is 11.8. The SMILES string of the molecule is CC1CCC(OC(=O)Cc2cccc(N)c2)CC1. The van der Waals surface area contributed by atoms with Crippen LogP contribution in [0.15, 0.2) is 24.3 Å². The molecule has 2 N–H and O–H groups in total. The zero-order valence-electron chi connectivity index (χ0n) is 10.9. The highest BCUT2D eigenvalue weighted by Crippen LogP contribution is 2.25. The first-order chi connectivity index (χ1) is 8.63. The second-order valence-electron chi connectivity index (χ2n) is 5.29. The fourth-order valence-corrected chi connectivity index (χ4v) is 2.44. The van der Waals surface area contributed by atoms with Gasteiger partial charge in [-0.2, -0.15) is 0 Å². The maximum absolute atomic E-state index is 11.8. The first kappa shape index (κ1) is 12.9. The molecule has 2 rings (SSSR count). The molecule has 98 valence electrons. The summed E-state index contributed by atoms with van der Waals surface area (Å²) in [5.41, 5.74) is 7.29. The molecule has 1 fully saturated rings. The molecule has 0 heterocycles. The second-order valence-corrected chi connectivity index (χ2v) is 5.29. The number of benzene rings is 1. The summed E-state index contributed by atoms with van der Waals surface area (Å²) in [7, 11) is 0. The minimum absolute atomic E-state index is 0.120. The van der Waals surface area contributed by atoms with Crippen LogP contribution in [0.1, 0.15) is 38.2 Å². The molecule has 1 aromatic rings. The molecule has 18 heavy (non-hydrogen) atoms. The van der Waals surface area contributed by atoms with Crippen molar-refractivity contribution >= 4 is 11.7 Å². The van der Waals surface area contributed by atoms with Crippen LogP contribution in [-0.4, -0.2) is 12.1 Å². The molecular formula is C15H21NO2. The van der Waals surface area contributed by atoms with Crippen molar-refractivity contribution < 1.29 is 9.53 Å². The highest BCUT2D eigenvalue weighted by Gasteiger charge is 2.21. The number of rotatable bonds is 3. The monoisotopic (exact) mass is 247 g/mol. The van der Waals surface area contributed by atoms with Crippen molar-refractivity contribution in [2.45, 2.75) is 45.1 Å². The van der Waals surface area contributed by atoms with Gasteiger partial charge in [0, 0.05) is 5.69 Å². The Kier molecular flexibility index (Phi) is 4.24. The van der Waals surface area contributed by atoms with Gasteiger partial charge in [-0.3, -0.25) is 4.79 Å². The van der Waals surface area contributed by atoms with Crippen molar-refractivity contribution in [2.24, 2.45) is 5.92 Å². The predicted octanol–water partition coefficient (Wildman–Crippen LogP) is 2.93. The van der Waals surface area contributed by atoms with Gasteiger partial charge in [0.2, 0.25) is 0 Å². The van der Waals surface area contributed by atoms with Crippen LogP contribution in [0.4, 0.5) is 5.69 Å². The van der Waals surface area contributed by atoms with Crippen LogP contribution in [0.25, 0.3) is 0 Å². The highest BCUT2D eigenvalue weighted by molar-refractivity contribution is 5.73. The van der Waals surface area contributed by atoms with Gasteiger partial charge in [0.25, 0.3) is 0 Å². The van der Waals surface area contributed by atoms with Gasteiger partial charge in [-0.1, -0.05) is 19.1 Å². The third-order valence-corrected chi connectivity index (χ3v) is 3.56. The maximum Gasteiger partial charge on any atom is 0.310 e. The minimum atomic E-state index is -0.139. The average Bonchev–Trinajstić information content (AvgIpc) is 2.32. The summed E-state index contributed by atoms with van der Waals surface area (Å²) < 4.78 is 5.50. The van der Waals surface area contributed by atoms with Gasteiger partial charge < -0.3 is 10.5 Å². The summed E-state index contributed by atoms with van der Waals surface area (Å²) in [4.78, 5) is 11.8. The molecule has 1 saturated carbocycles. The van der Waals surface area contributed by atoms with Crippen LogP contribution in [0, 0.1) is 5.92 Å². The van der Waals surface area contributed by atoms with Crippen molar-refractivity contribution in [3.05, 3.63) is 29.8 Å². The summed E-state index contributed by atoms with van der Waals surface area (Å²) in [5, 5.41) is 0. The van der Waals surface area contributed by atoms with E-state index in [4.69, 9.17) is 10.5 Å². The van der Waals surface area contributed by atoms with E-state index in [1.807, 2.05) is 24.3 Å². The average molecular weight is 247 g/mol. The van der Waals surface area contributed by atoms with E-state index < -0.39 is 0 Å². The van der Waals surface area contributed by atoms with Crippen molar-refractivity contribution in [2.75, 3.05) is 5.73 Å². The van der Waals surface area contributed by atoms with E-state index in [1.54, 1.807) is 0 Å². The molecule has 0 atom stereocenters. The van der Waals surface area contributed by atoms with E-state index in [9.17, 15) is 4.79 Å². The zero-order valence-corrected chi connectivity index (χ0v) is 10.9. The number of carbonyl (C=O) groups is 1. The Hall–Kier alpha value is -1.51. The Labute approximate surface area is 108 Å². The van der Waals surface area contributed by atoms with E-state index in [0.29, 0.717) is 12.1 Å². The van der Waals surface area contributed by atoms with Crippen LogP contribution < -0.4 is 5.73 Å². The Balaban J connectivity index is 1.82. The van der Waals surface area contributed by atoms with E-state index >= 15 is 0 Å². The van der Waals surface area contributed by atoms with Crippen LogP contribution >= 0.6 is 0 Å². The van der Waals surface area contributed by atoms with E-state index in [2.05, 4.69) is 6.92 Å². The minimum Gasteiger partial charge on any atom is -0.462 e. The molecule has 0 saturated heterocycles. The lowest BCUT2D eigenvalue weighted by Gasteiger charge is -2.26. The van der Waals surface area contributed by atoms with Gasteiger partial charge in [-0.15, -0.1) is 0 Å². The lowest BCUT2D eigenvalue weighted by molar-refractivity contribution is -0.150. The van der Waals surface area contributed by atoms with Gasteiger partial charge >= 0.3 is 5.97 Å². The molecule has 0 aromatic heterocycles. The number of anilines is 1. The molecule has 0 radical (unpaired) electrons. The summed E-state index contributed by atoms with van der Waals surface area (Å²) in [6, 6.07) is 7.41. The van der Waals surface area contributed by atoms with Crippen LogP contribution in [0.3, 0.4) is 0 Å². The number of carbonyl (C=O) groups excluding carboxylic acids is 1. The molecule has 0 amide bonds. The number of ether oxygens (including phenoxy) is 1. The molecule has 0 bridgehead atoms. The molecule has 1 aromatic carbocycles. The number of hydrogen-bond acceptors (Lipinski definition) is 3. The van der Waals surface area contributed by atoms with Crippen molar-refractivity contribution in [1.29, 1.82) is 0 Å². The molecule has 1 aliphatic rings. The fraction of sp³-hybridized carbons (Fsp3) is 0.533. The standard InChI is InChI=1S/C15H21NO2/c1-11-5-7-14(8-6-11)18-15(17)10-12-3-2-4-13(16)9-12/h2-4,9,11,14H,5-8,10,16H2,1H3. The van der Waals surface area contributed by atoms with Crippen molar-refractivity contribution in [1.82, 2.24) is 0 Å². The summed E-state index contributed by atoms with van der Waals surface area (Å²) in [6.45, 7) is 2.25. The molecule has 3 heteroatoms. The van der Waals surface area contributed by atoms with E-state index in [-0.39, 0.29) is 12.1 Å². The molecular weight excluding hydrogens is 226 g/mol. The van der Waals surface area contributed by atoms with Crippen LogP contribution in [0.2, 0.25) is 0 Å². The highest BCUT2D eigenvalue weighted by atomic mass is 16.5. The molecule has 3 nitrogen and oxygen atoms in total. The van der Waals surface area contributed by atoms with Crippen LogP contribution in [-0.2, 0) is 16.0 Å². The normalized spacial score (nSPS) is 23.6. The predicted molar refractivity (Wildman–Crippen MR) is 72.1 cm³/mol. The van der Waals surface area contributed by atoms with E-state index in [0.717, 1.165) is 37.2 Å². The Morgan fingerprint density at radius 1 is 1.33 bits per heavy atom. The third-order valence-electron chi connectivity index (χ3n) is 3.56. The molecule has 0 aliphatic heterocycles. The molecule has 0 spiro atoms. The van der Waals surface area contributed by atoms with Crippen molar-refractivity contribution in [3.63, 3.8) is 0 Å². The Morgan fingerprint density at radius 3 is 2.72 bits per heavy atom. The van der Waals surface area contributed by atoms with Gasteiger partial charge in [0.15, 0.2) is 0 Å². The Bertz CT molecular complexity index is 409. The van der Waals surface area contributed by atoms with Gasteiger partial charge in [-0.05, 0) is 49.3 Å². The summed E-state index contributed by atoms with van der Waals surface area (Å²) in [6.07, 6.45) is 4.77. The zero-order chi connectivity index (χ0) is 13.0. The number of hydrogen-bond donors (Lipinski definition) is 1. The number of nitrogen functional groups attached to an aromatic ring is 1. The van der Waals surface area contributed by atoms with Crippen molar-refractivity contribution in [3.8, 4) is 0 Å².